The van der Waals surface area contributed by atoms with E-state index >= 15 is 0 Å². The molecule has 2 saturated heterocycles. The number of carbonyl (C=O) groups is 9. The number of hydrogen-bond donors (Lipinski definition) is 4. The maximum absolute atomic E-state index is 14.4. The molecule has 4 N–H and O–H groups in total. The molecule has 1 unspecified atom stereocenters. The molecule has 55 heavy (non-hydrogen) atoms. The Morgan fingerprint density at radius 3 is 2.36 bits per heavy atom. The lowest BCUT2D eigenvalue weighted by Crippen LogP contribution is -2.85. The Hall–Kier alpha value is -5.75. The average molecular weight is 823 g/mol. The van der Waals surface area contributed by atoms with Gasteiger partial charge >= 0.3 is 35.8 Å². The molecular weight excluding hydrogens is 792 g/mol. The van der Waals surface area contributed by atoms with Gasteiger partial charge in [0.15, 0.2) is 11.5 Å². The standard InChI is InChI=1S/C30H31ClN10O12S2/c1-5-39-6-7-40(24(47)23(39)46)28(51)33-20(16-8-18(52-13(2)43)19(9-17(16)31)53-14(3)44)22(45)34-30(32-12-42)26(50)41-21(25(48)49)15(10-54-27(30)41)11-55-29-35-36-37-38(29)4/h8-9,12,20,27H,5-7,10-11H2,1-4H3,(H,32,42)(H,33,51)(H,34,45)(H,48,49)/t20?,27-,30+/m0/s1. The lowest BCUT2D eigenvalue weighted by Gasteiger charge is -2.56. The molecule has 5 rings (SSSR count). The number of benzene rings is 1. The van der Waals surface area contributed by atoms with Crippen molar-refractivity contribution in [1.29, 1.82) is 0 Å². The number of aliphatic carboxylic acids is 1. The number of halogens is 1. The molecule has 25 heteroatoms. The second-order valence-corrected chi connectivity index (χ2v) is 14.2. The highest BCUT2D eigenvalue weighted by Gasteiger charge is 2.66. The molecule has 1 aromatic carbocycles. The van der Waals surface area contributed by atoms with Crippen molar-refractivity contribution in [2.75, 3.05) is 31.1 Å². The fourth-order valence-electron chi connectivity index (χ4n) is 5.77. The number of fused-ring (bicyclic) bond motifs is 1. The van der Waals surface area contributed by atoms with Crippen LogP contribution in [0.15, 0.2) is 28.6 Å². The molecule has 1 aromatic heterocycles. The number of carbonyl (C=O) groups excluding carboxylic acids is 8. The molecule has 22 nitrogen and oxygen atoms in total. The summed E-state index contributed by atoms with van der Waals surface area (Å²) in [5, 5.41) is 27.1. The Morgan fingerprint density at radius 2 is 1.78 bits per heavy atom. The quantitative estimate of drug-likeness (QED) is 0.0350. The van der Waals surface area contributed by atoms with Gasteiger partial charge in [0.25, 0.3) is 5.91 Å². The second kappa shape index (κ2) is 16.3. The van der Waals surface area contributed by atoms with Crippen LogP contribution in [-0.2, 0) is 45.4 Å². The Bertz CT molecular complexity index is 2050. The molecule has 4 heterocycles. The number of tetrazole rings is 1. The van der Waals surface area contributed by atoms with Crippen LogP contribution in [0.25, 0.3) is 0 Å². The van der Waals surface area contributed by atoms with Crippen LogP contribution < -0.4 is 25.4 Å². The first-order valence-corrected chi connectivity index (χ1v) is 18.4. The number of hydrogen-bond acceptors (Lipinski definition) is 16. The van der Waals surface area contributed by atoms with Gasteiger partial charge in [-0.25, -0.2) is 14.3 Å². The van der Waals surface area contributed by atoms with Crippen LogP contribution in [0, 0.1) is 0 Å². The number of likely N-dealkylation sites (N-methyl/N-ethyl adjacent to an activating group) is 1. The van der Waals surface area contributed by atoms with E-state index in [2.05, 4.69) is 31.5 Å². The summed E-state index contributed by atoms with van der Waals surface area (Å²) in [6.45, 7) is 3.60. The van der Waals surface area contributed by atoms with E-state index in [4.69, 9.17) is 21.1 Å². The number of urea groups is 1. The third-order valence-corrected chi connectivity index (χ3v) is 11.1. The first-order chi connectivity index (χ1) is 26.0. The smallest absolute Gasteiger partial charge is 0.352 e. The van der Waals surface area contributed by atoms with Gasteiger partial charge in [-0.2, -0.15) is 0 Å². The average Bonchev–Trinajstić information content (AvgIpc) is 3.54. The van der Waals surface area contributed by atoms with Crippen molar-refractivity contribution in [2.45, 2.75) is 43.0 Å². The highest BCUT2D eigenvalue weighted by molar-refractivity contribution is 8.01. The van der Waals surface area contributed by atoms with E-state index in [1.54, 1.807) is 14.0 Å². The summed E-state index contributed by atoms with van der Waals surface area (Å²) in [6, 6.07) is -1.23. The van der Waals surface area contributed by atoms with Crippen LogP contribution >= 0.6 is 35.1 Å². The van der Waals surface area contributed by atoms with Gasteiger partial charge in [0.2, 0.25) is 23.1 Å². The van der Waals surface area contributed by atoms with Crippen molar-refractivity contribution in [2.24, 2.45) is 7.05 Å². The molecule has 2 fully saturated rings. The minimum atomic E-state index is -2.29. The molecule has 0 radical (unpaired) electrons. The molecular formula is C30H31ClN10O12S2. The van der Waals surface area contributed by atoms with Gasteiger partial charge in [-0.05, 0) is 29.0 Å². The van der Waals surface area contributed by atoms with E-state index in [1.807, 2.05) is 0 Å². The normalized spacial score (nSPS) is 19.9. The predicted octanol–water partition coefficient (Wildman–Crippen LogP) is -1.24. The zero-order valence-corrected chi connectivity index (χ0v) is 31.6. The fraction of sp³-hybridized carbons (Fsp3) is 0.400. The van der Waals surface area contributed by atoms with E-state index < -0.39 is 76.1 Å². The molecule has 0 saturated carbocycles. The highest BCUT2D eigenvalue weighted by Crippen LogP contribution is 2.46. The number of ether oxygens (including phenoxy) is 2. The van der Waals surface area contributed by atoms with Gasteiger partial charge in [0.1, 0.15) is 17.1 Å². The number of nitrogens with one attached hydrogen (secondary N) is 3. The molecule has 3 atom stereocenters. The van der Waals surface area contributed by atoms with Crippen molar-refractivity contribution in [3.8, 4) is 11.5 Å². The monoisotopic (exact) mass is 822 g/mol. The third kappa shape index (κ3) is 7.91. The number of aromatic nitrogens is 4. The van der Waals surface area contributed by atoms with Gasteiger partial charge in [-0.1, -0.05) is 23.4 Å². The number of amides is 7. The van der Waals surface area contributed by atoms with Crippen molar-refractivity contribution < 1.29 is 57.7 Å². The SMILES string of the molecule is CCN1CCN(C(=O)NC(C(=O)N[C@]2(NC=O)C(=O)N3C(C(=O)O)=C(CSc4nnnn4C)CS[C@H]32)c2cc(OC(C)=O)c(OC(C)=O)cc2Cl)C(=O)C1=O. The first-order valence-electron chi connectivity index (χ1n) is 15.9. The van der Waals surface area contributed by atoms with Gasteiger partial charge in [0, 0.05) is 63.7 Å². The van der Waals surface area contributed by atoms with Gasteiger partial charge in [-0.3, -0.25) is 43.4 Å². The number of aryl methyl sites for hydroxylation is 1. The minimum Gasteiger partial charge on any atom is -0.477 e. The van der Waals surface area contributed by atoms with Crippen LogP contribution in [0.1, 0.15) is 32.4 Å². The molecule has 0 bridgehead atoms. The number of esters is 2. The van der Waals surface area contributed by atoms with Crippen LogP contribution in [-0.4, -0.2) is 136 Å². The van der Waals surface area contributed by atoms with E-state index in [1.165, 1.54) is 9.58 Å². The Morgan fingerprint density at radius 1 is 1.11 bits per heavy atom. The minimum absolute atomic E-state index is 0.0156. The van der Waals surface area contributed by atoms with Crippen LogP contribution in [0.5, 0.6) is 11.5 Å². The summed E-state index contributed by atoms with van der Waals surface area (Å²) in [6.07, 6.45) is 0.109. The summed E-state index contributed by atoms with van der Waals surface area (Å²) in [5.41, 5.74) is -2.70. The zero-order chi connectivity index (χ0) is 40.4. The highest BCUT2D eigenvalue weighted by atomic mass is 35.5. The Balaban J connectivity index is 1.52. The van der Waals surface area contributed by atoms with Crippen LogP contribution in [0.4, 0.5) is 4.79 Å². The summed E-state index contributed by atoms with van der Waals surface area (Å²) in [5.74, 6) is -8.39. The number of carboxylic acids is 1. The first kappa shape index (κ1) is 40.4. The maximum atomic E-state index is 14.4. The summed E-state index contributed by atoms with van der Waals surface area (Å²) < 4.78 is 11.6. The largest absolute Gasteiger partial charge is 0.477 e. The molecule has 0 spiro atoms. The molecule has 292 valence electrons. The molecule has 3 aliphatic heterocycles. The number of nitrogens with zero attached hydrogens (tertiary/aromatic N) is 7. The number of rotatable bonds is 13. The van der Waals surface area contributed by atoms with Crippen LogP contribution in [0.3, 0.4) is 0 Å². The van der Waals surface area contributed by atoms with Gasteiger partial charge in [-0.15, -0.1) is 16.9 Å². The van der Waals surface area contributed by atoms with Gasteiger partial charge in [0.05, 0.1) is 5.02 Å². The predicted molar refractivity (Wildman–Crippen MR) is 187 cm³/mol. The maximum Gasteiger partial charge on any atom is 0.352 e. The number of thioether (sulfide) groups is 2. The van der Waals surface area contributed by atoms with E-state index in [-0.39, 0.29) is 53.9 Å². The number of piperazine rings is 1. The lowest BCUT2D eigenvalue weighted by atomic mass is 9.94. The zero-order valence-electron chi connectivity index (χ0n) is 29.2. The lowest BCUT2D eigenvalue weighted by molar-refractivity contribution is -0.163. The van der Waals surface area contributed by atoms with Crippen LogP contribution in [0.2, 0.25) is 5.02 Å². The summed E-state index contributed by atoms with van der Waals surface area (Å²) in [4.78, 5) is 118. The van der Waals surface area contributed by atoms with Crippen molar-refractivity contribution in [3.63, 3.8) is 0 Å². The molecule has 0 aliphatic carbocycles. The van der Waals surface area contributed by atoms with E-state index in [0.29, 0.717) is 15.6 Å². The topological polar surface area (TPSA) is 282 Å². The van der Waals surface area contributed by atoms with E-state index in [9.17, 15) is 48.3 Å². The number of β-lactam (4-membered cyclic amide) rings is 1. The summed E-state index contributed by atoms with van der Waals surface area (Å²) >= 11 is 8.66. The molecule has 2 aromatic rings. The van der Waals surface area contributed by atoms with E-state index in [0.717, 1.165) is 54.4 Å². The van der Waals surface area contributed by atoms with Gasteiger partial charge < -0.3 is 35.4 Å². The Kier molecular flexibility index (Phi) is 12.0. The number of carboxylic acid groups (broad SMARTS) is 1. The fourth-order valence-corrected chi connectivity index (χ4v) is 8.44. The summed E-state index contributed by atoms with van der Waals surface area (Å²) in [7, 11) is 1.58. The molecule has 7 amide bonds. The number of imide groups is 1. The third-order valence-electron chi connectivity index (χ3n) is 8.27. The molecule has 3 aliphatic rings. The Labute approximate surface area is 323 Å². The second-order valence-electron chi connectivity index (χ2n) is 11.8. The van der Waals surface area contributed by atoms with Crippen molar-refractivity contribution >= 4 is 89.1 Å². The van der Waals surface area contributed by atoms with Crippen molar-refractivity contribution in [3.05, 3.63) is 34.0 Å². The van der Waals surface area contributed by atoms with Crippen molar-refractivity contribution in [1.82, 2.24) is 50.9 Å².